The molecule has 3 heteroatoms. The van der Waals surface area contributed by atoms with Crippen LogP contribution in [0.3, 0.4) is 0 Å². The number of hydrogen-bond acceptors (Lipinski definition) is 1. The van der Waals surface area contributed by atoms with E-state index < -0.39 is 16.5 Å². The quantitative estimate of drug-likeness (QED) is 0.617. The van der Waals surface area contributed by atoms with Crippen molar-refractivity contribution in [2.45, 2.75) is 44.3 Å². The molecule has 0 saturated carbocycles. The lowest BCUT2D eigenvalue weighted by atomic mass is 10.4. The molecule has 1 aliphatic heterocycles. The van der Waals surface area contributed by atoms with Gasteiger partial charge in [0.1, 0.15) is 16.5 Å². The molecule has 0 spiro atoms. The van der Waals surface area contributed by atoms with Crippen LogP contribution in [-0.2, 0) is 0 Å². The SMILES string of the molecule is C[Si]1(C)CC[Si](C)(C)N1C1C=CC=C1. The van der Waals surface area contributed by atoms with Gasteiger partial charge in [0, 0.05) is 6.04 Å². The van der Waals surface area contributed by atoms with Gasteiger partial charge in [-0.1, -0.05) is 50.5 Å². The van der Waals surface area contributed by atoms with Gasteiger partial charge in [-0.25, -0.2) is 0 Å². The van der Waals surface area contributed by atoms with Crippen LogP contribution < -0.4 is 0 Å². The van der Waals surface area contributed by atoms with Gasteiger partial charge >= 0.3 is 0 Å². The van der Waals surface area contributed by atoms with E-state index in [-0.39, 0.29) is 0 Å². The van der Waals surface area contributed by atoms with Crippen molar-refractivity contribution in [1.82, 2.24) is 4.23 Å². The molecule has 0 aromatic rings. The molecule has 2 rings (SSSR count). The third-order valence-corrected chi connectivity index (χ3v) is 14.0. The average molecular weight is 223 g/mol. The lowest BCUT2D eigenvalue weighted by Crippen LogP contribution is -2.58. The Hall–Kier alpha value is -0.126. The highest BCUT2D eigenvalue weighted by Crippen LogP contribution is 2.39. The van der Waals surface area contributed by atoms with Gasteiger partial charge < -0.3 is 4.23 Å². The number of allylic oxidation sites excluding steroid dienone is 2. The maximum absolute atomic E-state index is 2.93. The molecule has 0 radical (unpaired) electrons. The van der Waals surface area contributed by atoms with E-state index in [9.17, 15) is 0 Å². The van der Waals surface area contributed by atoms with E-state index in [1.165, 1.54) is 12.1 Å². The minimum Gasteiger partial charge on any atom is -0.336 e. The third kappa shape index (κ3) is 1.57. The molecule has 1 nitrogen and oxygen atoms in total. The molecule has 14 heavy (non-hydrogen) atoms. The second-order valence-corrected chi connectivity index (χ2v) is 15.4. The van der Waals surface area contributed by atoms with E-state index in [0.717, 1.165) is 0 Å². The molecular weight excluding hydrogens is 202 g/mol. The highest BCUT2D eigenvalue weighted by molar-refractivity contribution is 6.95. The summed E-state index contributed by atoms with van der Waals surface area (Å²) in [5.74, 6) is 0. The Morgan fingerprint density at radius 1 is 0.929 bits per heavy atom. The van der Waals surface area contributed by atoms with Crippen molar-refractivity contribution in [1.29, 1.82) is 0 Å². The van der Waals surface area contributed by atoms with Gasteiger partial charge in [-0.2, -0.15) is 0 Å². The van der Waals surface area contributed by atoms with Crippen molar-refractivity contribution in [3.63, 3.8) is 0 Å². The molecule has 0 aromatic carbocycles. The molecule has 0 atom stereocenters. The zero-order chi connectivity index (χ0) is 10.4. The van der Waals surface area contributed by atoms with Gasteiger partial charge in [-0.3, -0.25) is 0 Å². The van der Waals surface area contributed by atoms with Crippen LogP contribution >= 0.6 is 0 Å². The second-order valence-electron chi connectivity index (χ2n) is 5.76. The van der Waals surface area contributed by atoms with Crippen molar-refractivity contribution in [3.8, 4) is 0 Å². The van der Waals surface area contributed by atoms with Crippen molar-refractivity contribution in [3.05, 3.63) is 24.3 Å². The minimum atomic E-state index is -1.08. The second kappa shape index (κ2) is 3.18. The largest absolute Gasteiger partial charge is 0.336 e. The van der Waals surface area contributed by atoms with Crippen molar-refractivity contribution in [2.75, 3.05) is 0 Å². The Bertz CT molecular complexity index is 264. The zero-order valence-corrected chi connectivity index (χ0v) is 11.7. The molecule has 0 unspecified atom stereocenters. The summed E-state index contributed by atoms with van der Waals surface area (Å²) < 4.78 is 2.93. The molecule has 1 saturated heterocycles. The standard InChI is InChI=1S/C11H21NSi2/c1-13(2)9-10-14(3,4)12(13)11-7-5-6-8-11/h5-8,11H,9-10H2,1-4H3. The lowest BCUT2D eigenvalue weighted by molar-refractivity contribution is 0.610. The Labute approximate surface area is 89.7 Å². The summed E-state index contributed by atoms with van der Waals surface area (Å²) in [6, 6.07) is 3.65. The van der Waals surface area contributed by atoms with Gasteiger partial charge in [-0.05, 0) is 12.1 Å². The summed E-state index contributed by atoms with van der Waals surface area (Å²) in [7, 11) is -2.15. The lowest BCUT2D eigenvalue weighted by Gasteiger charge is -2.42. The van der Waals surface area contributed by atoms with E-state index >= 15 is 0 Å². The first-order valence-corrected chi connectivity index (χ1v) is 11.9. The van der Waals surface area contributed by atoms with Crippen LogP contribution in [0, 0.1) is 0 Å². The first kappa shape index (κ1) is 10.4. The number of nitrogens with zero attached hydrogens (tertiary/aromatic N) is 1. The maximum Gasteiger partial charge on any atom is 0.115 e. The van der Waals surface area contributed by atoms with Crippen LogP contribution in [0.25, 0.3) is 0 Å². The predicted octanol–water partition coefficient (Wildman–Crippen LogP) is 3.21. The minimum absolute atomic E-state index is 0.640. The number of rotatable bonds is 1. The Balaban J connectivity index is 2.29. The van der Waals surface area contributed by atoms with Gasteiger partial charge in [0.2, 0.25) is 0 Å². The fraction of sp³-hybridized carbons (Fsp3) is 0.636. The van der Waals surface area contributed by atoms with Gasteiger partial charge in [0.05, 0.1) is 0 Å². The van der Waals surface area contributed by atoms with E-state index in [1.54, 1.807) is 0 Å². The molecule has 0 aromatic heterocycles. The topological polar surface area (TPSA) is 3.24 Å². The van der Waals surface area contributed by atoms with Crippen LogP contribution in [0.2, 0.25) is 38.3 Å². The Morgan fingerprint density at radius 2 is 1.36 bits per heavy atom. The van der Waals surface area contributed by atoms with E-state index in [1.807, 2.05) is 0 Å². The third-order valence-electron chi connectivity index (χ3n) is 3.68. The van der Waals surface area contributed by atoms with Crippen LogP contribution in [0.4, 0.5) is 0 Å². The maximum atomic E-state index is 2.93. The summed E-state index contributed by atoms with van der Waals surface area (Å²) in [4.78, 5) is 0. The molecule has 2 aliphatic rings. The summed E-state index contributed by atoms with van der Waals surface area (Å²) in [6.45, 7) is 10.1. The van der Waals surface area contributed by atoms with Crippen LogP contribution in [0.15, 0.2) is 24.3 Å². The van der Waals surface area contributed by atoms with Gasteiger partial charge in [0.15, 0.2) is 0 Å². The normalized spacial score (nSPS) is 30.3. The van der Waals surface area contributed by atoms with Crippen LogP contribution in [0.1, 0.15) is 0 Å². The summed E-state index contributed by atoms with van der Waals surface area (Å²) >= 11 is 0. The monoisotopic (exact) mass is 223 g/mol. The van der Waals surface area contributed by atoms with Crippen molar-refractivity contribution in [2.24, 2.45) is 0 Å². The fourth-order valence-electron chi connectivity index (χ4n) is 3.07. The first-order chi connectivity index (χ1) is 6.43. The van der Waals surface area contributed by atoms with Crippen molar-refractivity contribution >= 4 is 16.5 Å². The molecule has 0 amide bonds. The molecule has 1 aliphatic carbocycles. The highest BCUT2D eigenvalue weighted by atomic mass is 28.4. The molecule has 0 N–H and O–H groups in total. The highest BCUT2D eigenvalue weighted by Gasteiger charge is 2.49. The summed E-state index contributed by atoms with van der Waals surface area (Å²) in [6.07, 6.45) is 9.15. The number of hydrogen-bond donors (Lipinski definition) is 0. The molecule has 0 bridgehead atoms. The smallest absolute Gasteiger partial charge is 0.115 e. The average Bonchev–Trinajstić information content (AvgIpc) is 2.58. The zero-order valence-electron chi connectivity index (χ0n) is 9.75. The van der Waals surface area contributed by atoms with Crippen LogP contribution in [0.5, 0.6) is 0 Å². The van der Waals surface area contributed by atoms with Gasteiger partial charge in [0.25, 0.3) is 0 Å². The van der Waals surface area contributed by atoms with E-state index in [2.05, 4.69) is 54.7 Å². The van der Waals surface area contributed by atoms with Crippen molar-refractivity contribution < 1.29 is 0 Å². The molecule has 1 heterocycles. The molecule has 78 valence electrons. The molecule has 1 fully saturated rings. The van der Waals surface area contributed by atoms with Gasteiger partial charge in [-0.15, -0.1) is 0 Å². The van der Waals surface area contributed by atoms with E-state index in [0.29, 0.717) is 6.04 Å². The summed E-state index contributed by atoms with van der Waals surface area (Å²) in [5, 5.41) is 0. The fourth-order valence-corrected chi connectivity index (χ4v) is 17.6. The predicted molar refractivity (Wildman–Crippen MR) is 68.5 cm³/mol. The van der Waals surface area contributed by atoms with E-state index in [4.69, 9.17) is 0 Å². The summed E-state index contributed by atoms with van der Waals surface area (Å²) in [5.41, 5.74) is 0. The Morgan fingerprint density at radius 3 is 1.79 bits per heavy atom. The Kier molecular flexibility index (Phi) is 2.36. The van der Waals surface area contributed by atoms with Crippen LogP contribution in [-0.4, -0.2) is 26.7 Å². The first-order valence-electron chi connectivity index (χ1n) is 5.58. The molecular formula is C11H21NSi2.